The second-order valence-electron chi connectivity index (χ2n) is 3.94. The minimum atomic E-state index is 0.625. The normalized spacial score (nSPS) is 10.1. The maximum atomic E-state index is 9.42. The van der Waals surface area contributed by atoms with Gasteiger partial charge in [-0.05, 0) is 36.3 Å². The van der Waals surface area contributed by atoms with Crippen molar-refractivity contribution in [1.29, 1.82) is 5.26 Å². The van der Waals surface area contributed by atoms with Crippen molar-refractivity contribution in [3.8, 4) is 22.9 Å². The van der Waals surface area contributed by atoms with E-state index in [0.29, 0.717) is 5.56 Å². The van der Waals surface area contributed by atoms with Gasteiger partial charge in [-0.2, -0.15) is 5.26 Å². The van der Waals surface area contributed by atoms with E-state index in [4.69, 9.17) is 4.74 Å². The van der Waals surface area contributed by atoms with Crippen LogP contribution in [0.5, 0.6) is 5.75 Å². The summed E-state index contributed by atoms with van der Waals surface area (Å²) < 4.78 is 5.17. The lowest BCUT2D eigenvalue weighted by Crippen LogP contribution is -1.94. The Morgan fingerprint density at radius 3 is 2.35 bits per heavy atom. The number of thioether (sulfide) groups is 2. The smallest absolute Gasteiger partial charge is 0.118 e. The van der Waals surface area contributed by atoms with Crippen molar-refractivity contribution in [3.05, 3.63) is 35.9 Å². The largest absolute Gasteiger partial charge is 0.497 e. The third-order valence-electron chi connectivity index (χ3n) is 2.88. The topological polar surface area (TPSA) is 45.9 Å². The van der Waals surface area contributed by atoms with Crippen LogP contribution in [-0.2, 0) is 0 Å². The quantitative estimate of drug-likeness (QED) is 0.797. The van der Waals surface area contributed by atoms with Gasteiger partial charge in [0, 0.05) is 5.56 Å². The van der Waals surface area contributed by atoms with Gasteiger partial charge in [0.1, 0.15) is 16.8 Å². The number of nitrogens with zero attached hydrogens (tertiary/aromatic N) is 2. The van der Waals surface area contributed by atoms with Gasteiger partial charge in [0.25, 0.3) is 0 Å². The Hall–Kier alpha value is -1.64. The Balaban J connectivity index is 2.61. The fraction of sp³-hybridized carbons (Fsp3) is 0.200. The van der Waals surface area contributed by atoms with Crippen LogP contribution in [-0.4, -0.2) is 24.6 Å². The van der Waals surface area contributed by atoms with Gasteiger partial charge in [-0.15, -0.1) is 23.5 Å². The molecule has 0 saturated carbocycles. The molecule has 0 aliphatic rings. The summed E-state index contributed by atoms with van der Waals surface area (Å²) >= 11 is 3.07. The molecule has 0 aliphatic heterocycles. The molecule has 0 radical (unpaired) electrons. The molecule has 102 valence electrons. The van der Waals surface area contributed by atoms with E-state index in [1.807, 2.05) is 42.8 Å². The summed E-state index contributed by atoms with van der Waals surface area (Å²) in [6.45, 7) is 0. The zero-order valence-corrected chi connectivity index (χ0v) is 13.1. The molecule has 1 aromatic heterocycles. The van der Waals surface area contributed by atoms with Crippen LogP contribution < -0.4 is 4.74 Å². The zero-order valence-electron chi connectivity index (χ0n) is 11.5. The lowest BCUT2D eigenvalue weighted by atomic mass is 10.0. The molecule has 3 nitrogen and oxygen atoms in total. The maximum absolute atomic E-state index is 9.42. The minimum absolute atomic E-state index is 0.625. The van der Waals surface area contributed by atoms with Crippen LogP contribution in [0.4, 0.5) is 0 Å². The molecule has 0 N–H and O–H groups in total. The molecule has 0 atom stereocenters. The number of aromatic nitrogens is 1. The average Bonchev–Trinajstić information content (AvgIpc) is 2.53. The minimum Gasteiger partial charge on any atom is -0.497 e. The van der Waals surface area contributed by atoms with Crippen molar-refractivity contribution in [2.24, 2.45) is 0 Å². The van der Waals surface area contributed by atoms with Crippen LogP contribution in [0.25, 0.3) is 11.1 Å². The maximum Gasteiger partial charge on any atom is 0.118 e. The third kappa shape index (κ3) is 2.92. The van der Waals surface area contributed by atoms with Crippen molar-refractivity contribution in [2.75, 3.05) is 19.6 Å². The Bertz CT molecular complexity index is 648. The standard InChI is InChI=1S/C15H14N2OS2/c1-18-11-6-4-10(5-7-11)12-8-14(19-2)17-15(20-3)13(12)9-16/h4-8H,1-3H3. The van der Waals surface area contributed by atoms with Gasteiger partial charge in [0.15, 0.2) is 0 Å². The zero-order chi connectivity index (χ0) is 14.5. The van der Waals surface area contributed by atoms with E-state index in [1.165, 1.54) is 11.8 Å². The first-order valence-electron chi connectivity index (χ1n) is 5.91. The lowest BCUT2D eigenvalue weighted by molar-refractivity contribution is 0.415. The number of pyridine rings is 1. The van der Waals surface area contributed by atoms with E-state index >= 15 is 0 Å². The molecule has 2 aromatic rings. The van der Waals surface area contributed by atoms with Crippen molar-refractivity contribution in [3.63, 3.8) is 0 Å². The van der Waals surface area contributed by atoms with Crippen molar-refractivity contribution < 1.29 is 4.74 Å². The molecular formula is C15H14N2OS2. The fourth-order valence-corrected chi connectivity index (χ4v) is 2.88. The van der Waals surface area contributed by atoms with Crippen molar-refractivity contribution in [2.45, 2.75) is 10.1 Å². The molecule has 0 aliphatic carbocycles. The molecule has 0 fully saturated rings. The van der Waals surface area contributed by atoms with Crippen LogP contribution in [0.1, 0.15) is 5.56 Å². The molecule has 0 unspecified atom stereocenters. The molecule has 0 bridgehead atoms. The van der Waals surface area contributed by atoms with Gasteiger partial charge in [0.05, 0.1) is 17.7 Å². The van der Waals surface area contributed by atoms with E-state index < -0.39 is 0 Å². The summed E-state index contributed by atoms with van der Waals surface area (Å²) in [4.78, 5) is 4.48. The van der Waals surface area contributed by atoms with Gasteiger partial charge in [-0.1, -0.05) is 12.1 Å². The van der Waals surface area contributed by atoms with E-state index in [9.17, 15) is 5.26 Å². The van der Waals surface area contributed by atoms with Gasteiger partial charge >= 0.3 is 0 Å². The van der Waals surface area contributed by atoms with Crippen LogP contribution in [0.15, 0.2) is 40.4 Å². The Kier molecular flexibility index (Phi) is 4.94. The second kappa shape index (κ2) is 6.69. The molecular weight excluding hydrogens is 288 g/mol. The second-order valence-corrected chi connectivity index (χ2v) is 5.56. The predicted molar refractivity (Wildman–Crippen MR) is 84.5 cm³/mol. The highest BCUT2D eigenvalue weighted by Crippen LogP contribution is 2.33. The first-order chi connectivity index (χ1) is 9.73. The van der Waals surface area contributed by atoms with E-state index in [0.717, 1.165) is 26.9 Å². The molecule has 0 saturated heterocycles. The average molecular weight is 302 g/mol. The summed E-state index contributed by atoms with van der Waals surface area (Å²) in [6.07, 6.45) is 3.92. The van der Waals surface area contributed by atoms with Crippen LogP contribution >= 0.6 is 23.5 Å². The molecule has 0 amide bonds. The molecule has 0 spiro atoms. The summed E-state index contributed by atoms with van der Waals surface area (Å²) in [5, 5.41) is 11.1. The van der Waals surface area contributed by atoms with E-state index in [-0.39, 0.29) is 0 Å². The molecule has 1 aromatic carbocycles. The van der Waals surface area contributed by atoms with Crippen molar-refractivity contribution in [1.82, 2.24) is 4.98 Å². The van der Waals surface area contributed by atoms with E-state index in [2.05, 4.69) is 11.1 Å². The summed E-state index contributed by atoms with van der Waals surface area (Å²) in [5.74, 6) is 0.802. The van der Waals surface area contributed by atoms with Crippen LogP contribution in [0.3, 0.4) is 0 Å². The highest BCUT2D eigenvalue weighted by molar-refractivity contribution is 7.99. The highest BCUT2D eigenvalue weighted by atomic mass is 32.2. The molecule has 5 heteroatoms. The number of nitriles is 1. The first kappa shape index (κ1) is 14.8. The van der Waals surface area contributed by atoms with Gasteiger partial charge in [-0.25, -0.2) is 4.98 Å². The Morgan fingerprint density at radius 1 is 1.15 bits per heavy atom. The van der Waals surface area contributed by atoms with Crippen LogP contribution in [0, 0.1) is 11.3 Å². The van der Waals surface area contributed by atoms with E-state index in [1.54, 1.807) is 18.9 Å². The summed E-state index contributed by atoms with van der Waals surface area (Å²) in [6, 6.07) is 12.0. The molecule has 2 rings (SSSR count). The summed E-state index contributed by atoms with van der Waals surface area (Å²) in [7, 11) is 1.64. The first-order valence-corrected chi connectivity index (χ1v) is 8.36. The van der Waals surface area contributed by atoms with Gasteiger partial charge in [-0.3, -0.25) is 0 Å². The number of ether oxygens (including phenoxy) is 1. The summed E-state index contributed by atoms with van der Waals surface area (Å²) in [5.41, 5.74) is 2.54. The molecule has 1 heterocycles. The SMILES string of the molecule is COc1ccc(-c2cc(SC)nc(SC)c2C#N)cc1. The number of hydrogen-bond acceptors (Lipinski definition) is 5. The van der Waals surface area contributed by atoms with Gasteiger partial charge < -0.3 is 4.74 Å². The van der Waals surface area contributed by atoms with Crippen LogP contribution in [0.2, 0.25) is 0 Å². The Morgan fingerprint density at radius 2 is 1.85 bits per heavy atom. The third-order valence-corrected chi connectivity index (χ3v) is 4.19. The number of methoxy groups -OCH3 is 1. The lowest BCUT2D eigenvalue weighted by Gasteiger charge is -2.10. The van der Waals surface area contributed by atoms with Gasteiger partial charge in [0.2, 0.25) is 0 Å². The highest BCUT2D eigenvalue weighted by Gasteiger charge is 2.13. The monoisotopic (exact) mass is 302 g/mol. The number of benzene rings is 1. The fourth-order valence-electron chi connectivity index (χ4n) is 1.86. The number of hydrogen-bond donors (Lipinski definition) is 0. The predicted octanol–water partition coefficient (Wildman–Crippen LogP) is 4.07. The number of rotatable bonds is 4. The molecule has 20 heavy (non-hydrogen) atoms. The Labute approximate surface area is 127 Å². The van der Waals surface area contributed by atoms with Crippen molar-refractivity contribution >= 4 is 23.5 Å².